The third-order valence-corrected chi connectivity index (χ3v) is 6.16. The Labute approximate surface area is 162 Å². The van der Waals surface area contributed by atoms with Gasteiger partial charge in [0.05, 0.1) is 11.4 Å². The molecule has 1 saturated heterocycles. The summed E-state index contributed by atoms with van der Waals surface area (Å²) in [5, 5.41) is 3.56. The van der Waals surface area contributed by atoms with Crippen LogP contribution < -0.4 is 10.2 Å². The number of hydrogen-bond acceptors (Lipinski definition) is 3. The fourth-order valence-corrected chi connectivity index (χ4v) is 4.20. The van der Waals surface area contributed by atoms with E-state index in [0.717, 1.165) is 37.2 Å². The van der Waals surface area contributed by atoms with Crippen LogP contribution in [0.25, 0.3) is 0 Å². The molecule has 2 aliphatic heterocycles. The molecule has 146 valence electrons. The number of fused-ring (bicyclic) bond motifs is 1. The van der Waals surface area contributed by atoms with E-state index >= 15 is 0 Å². The van der Waals surface area contributed by atoms with Crippen LogP contribution in [0.15, 0.2) is 24.3 Å². The van der Waals surface area contributed by atoms with Crippen LogP contribution in [0, 0.1) is 11.3 Å². The summed E-state index contributed by atoms with van der Waals surface area (Å²) in [4.78, 5) is 29.9. The predicted octanol–water partition coefficient (Wildman–Crippen LogP) is 3.65. The zero-order chi connectivity index (χ0) is 19.2. The van der Waals surface area contributed by atoms with E-state index in [2.05, 4.69) is 32.2 Å². The van der Waals surface area contributed by atoms with Crippen LogP contribution in [0.2, 0.25) is 0 Å². The van der Waals surface area contributed by atoms with Gasteiger partial charge in [0.15, 0.2) is 0 Å². The van der Waals surface area contributed by atoms with Crippen LogP contribution in [0.1, 0.15) is 52.9 Å². The van der Waals surface area contributed by atoms with Gasteiger partial charge in [-0.3, -0.25) is 9.59 Å². The first-order valence-corrected chi connectivity index (χ1v) is 10.3. The van der Waals surface area contributed by atoms with Crippen LogP contribution in [0.5, 0.6) is 0 Å². The first-order valence-electron chi connectivity index (χ1n) is 10.3. The van der Waals surface area contributed by atoms with Crippen molar-refractivity contribution in [1.29, 1.82) is 0 Å². The number of likely N-dealkylation sites (tertiary alicyclic amines) is 1. The molecule has 2 heterocycles. The summed E-state index contributed by atoms with van der Waals surface area (Å²) in [5.41, 5.74) is 1.61. The second-order valence-electron chi connectivity index (χ2n) is 9.59. The summed E-state index contributed by atoms with van der Waals surface area (Å²) in [5.74, 6) is 0.708. The van der Waals surface area contributed by atoms with Crippen LogP contribution >= 0.6 is 0 Å². The van der Waals surface area contributed by atoms with Gasteiger partial charge in [0.1, 0.15) is 5.54 Å². The average molecular weight is 370 g/mol. The molecule has 0 aromatic heterocycles. The number of benzene rings is 1. The minimum Gasteiger partial charge on any atom is -0.369 e. The van der Waals surface area contributed by atoms with E-state index < -0.39 is 5.54 Å². The Kier molecular flexibility index (Phi) is 4.44. The summed E-state index contributed by atoms with van der Waals surface area (Å²) >= 11 is 0. The van der Waals surface area contributed by atoms with Crippen LogP contribution in [-0.2, 0) is 9.59 Å². The highest BCUT2D eigenvalue weighted by atomic mass is 16.2. The fourth-order valence-electron chi connectivity index (χ4n) is 4.20. The van der Waals surface area contributed by atoms with Gasteiger partial charge in [-0.15, -0.1) is 0 Å². The fraction of sp³-hybridized carbons (Fsp3) is 0.636. The Bertz CT molecular complexity index is 740. The Hall–Kier alpha value is -2.04. The number of hydrogen-bond donors (Lipinski definition) is 1. The number of piperidine rings is 1. The highest BCUT2D eigenvalue weighted by molar-refractivity contribution is 6.08. The van der Waals surface area contributed by atoms with Crippen molar-refractivity contribution in [1.82, 2.24) is 4.90 Å². The van der Waals surface area contributed by atoms with E-state index in [9.17, 15) is 9.59 Å². The van der Waals surface area contributed by atoms with Gasteiger partial charge < -0.3 is 15.1 Å². The topological polar surface area (TPSA) is 52.7 Å². The second kappa shape index (κ2) is 6.54. The van der Waals surface area contributed by atoms with Crippen molar-refractivity contribution in [3.05, 3.63) is 24.3 Å². The SMILES string of the molecule is CC(C)(C)CCN1C(=O)C2(CCN(C(=O)C3CC3)CC2)Nc2ccccc21. The van der Waals surface area contributed by atoms with Gasteiger partial charge in [-0.05, 0) is 49.7 Å². The highest BCUT2D eigenvalue weighted by Crippen LogP contribution is 2.41. The molecule has 0 atom stereocenters. The van der Waals surface area contributed by atoms with Crippen molar-refractivity contribution in [3.8, 4) is 0 Å². The minimum atomic E-state index is -0.577. The molecule has 2 fully saturated rings. The lowest BCUT2D eigenvalue weighted by Gasteiger charge is -2.48. The lowest BCUT2D eigenvalue weighted by Crippen LogP contribution is -2.62. The maximum atomic E-state index is 13.6. The smallest absolute Gasteiger partial charge is 0.252 e. The van der Waals surface area contributed by atoms with Crippen molar-refractivity contribution >= 4 is 23.2 Å². The molecule has 0 unspecified atom stereocenters. The van der Waals surface area contributed by atoms with Gasteiger partial charge in [-0.2, -0.15) is 0 Å². The van der Waals surface area contributed by atoms with Crippen LogP contribution in [0.4, 0.5) is 11.4 Å². The summed E-state index contributed by atoms with van der Waals surface area (Å²) in [6.45, 7) is 8.70. The molecule has 1 saturated carbocycles. The average Bonchev–Trinajstić information content (AvgIpc) is 3.47. The first-order chi connectivity index (χ1) is 12.8. The molecular formula is C22H31N3O2. The van der Waals surface area contributed by atoms with Gasteiger partial charge in [-0.25, -0.2) is 0 Å². The molecule has 0 bridgehead atoms. The third-order valence-electron chi connectivity index (χ3n) is 6.16. The number of anilines is 2. The molecule has 1 spiro atoms. The Morgan fingerprint density at radius 1 is 1.19 bits per heavy atom. The standard InChI is InChI=1S/C22H31N3O2/c1-21(2,3)10-15-25-18-7-5-4-6-17(18)23-22(20(25)27)11-13-24(14-12-22)19(26)16-8-9-16/h4-7,16,23H,8-15H2,1-3H3. The minimum absolute atomic E-state index is 0.170. The number of carbonyl (C=O) groups excluding carboxylic acids is 2. The molecule has 1 aromatic rings. The van der Waals surface area contributed by atoms with Crippen molar-refractivity contribution in [2.75, 3.05) is 29.9 Å². The third kappa shape index (κ3) is 3.56. The number of rotatable bonds is 3. The zero-order valence-corrected chi connectivity index (χ0v) is 16.8. The molecule has 3 aliphatic rings. The summed E-state index contributed by atoms with van der Waals surface area (Å²) in [6.07, 6.45) is 4.39. The molecular weight excluding hydrogens is 338 g/mol. The number of para-hydroxylation sites is 2. The number of amides is 2. The number of carbonyl (C=O) groups is 2. The van der Waals surface area contributed by atoms with Crippen molar-refractivity contribution < 1.29 is 9.59 Å². The lowest BCUT2D eigenvalue weighted by molar-refractivity contribution is -0.136. The largest absolute Gasteiger partial charge is 0.369 e. The van der Waals surface area contributed by atoms with E-state index in [1.54, 1.807) is 0 Å². The van der Waals surface area contributed by atoms with E-state index in [4.69, 9.17) is 0 Å². The maximum Gasteiger partial charge on any atom is 0.252 e. The molecule has 2 amide bonds. The van der Waals surface area contributed by atoms with E-state index in [1.165, 1.54) is 0 Å². The maximum absolute atomic E-state index is 13.6. The number of nitrogens with one attached hydrogen (secondary N) is 1. The molecule has 4 rings (SSSR count). The van der Waals surface area contributed by atoms with Crippen molar-refractivity contribution in [2.24, 2.45) is 11.3 Å². The Balaban J connectivity index is 1.55. The van der Waals surface area contributed by atoms with Gasteiger partial charge in [0.25, 0.3) is 5.91 Å². The molecule has 0 radical (unpaired) electrons. The molecule has 5 nitrogen and oxygen atoms in total. The molecule has 1 aliphatic carbocycles. The molecule has 27 heavy (non-hydrogen) atoms. The Morgan fingerprint density at radius 2 is 1.85 bits per heavy atom. The van der Waals surface area contributed by atoms with Gasteiger partial charge in [0, 0.05) is 25.6 Å². The molecule has 1 N–H and O–H groups in total. The van der Waals surface area contributed by atoms with E-state index in [1.807, 2.05) is 28.0 Å². The van der Waals surface area contributed by atoms with Gasteiger partial charge in [-0.1, -0.05) is 32.9 Å². The summed E-state index contributed by atoms with van der Waals surface area (Å²) in [7, 11) is 0. The van der Waals surface area contributed by atoms with Crippen LogP contribution in [-0.4, -0.2) is 41.9 Å². The molecule has 1 aromatic carbocycles. The van der Waals surface area contributed by atoms with Gasteiger partial charge >= 0.3 is 0 Å². The first kappa shape index (κ1) is 18.3. The monoisotopic (exact) mass is 369 g/mol. The number of nitrogens with zero attached hydrogens (tertiary/aromatic N) is 2. The molecule has 5 heteroatoms. The summed E-state index contributed by atoms with van der Waals surface area (Å²) in [6, 6.07) is 8.10. The lowest BCUT2D eigenvalue weighted by atomic mass is 9.82. The summed E-state index contributed by atoms with van der Waals surface area (Å²) < 4.78 is 0. The van der Waals surface area contributed by atoms with E-state index in [-0.39, 0.29) is 23.1 Å². The van der Waals surface area contributed by atoms with Crippen LogP contribution in [0.3, 0.4) is 0 Å². The second-order valence-corrected chi connectivity index (χ2v) is 9.59. The Morgan fingerprint density at radius 3 is 2.48 bits per heavy atom. The van der Waals surface area contributed by atoms with Crippen molar-refractivity contribution in [3.63, 3.8) is 0 Å². The normalized spacial score (nSPS) is 21.8. The van der Waals surface area contributed by atoms with Gasteiger partial charge in [0.2, 0.25) is 5.91 Å². The predicted molar refractivity (Wildman–Crippen MR) is 108 cm³/mol. The quantitative estimate of drug-likeness (QED) is 0.885. The van der Waals surface area contributed by atoms with E-state index in [0.29, 0.717) is 25.9 Å². The highest BCUT2D eigenvalue weighted by Gasteiger charge is 2.49. The zero-order valence-electron chi connectivity index (χ0n) is 16.8. The van der Waals surface area contributed by atoms with Crippen molar-refractivity contribution in [2.45, 2.75) is 58.4 Å².